The van der Waals surface area contributed by atoms with E-state index >= 15 is 0 Å². The van der Waals surface area contributed by atoms with Crippen LogP contribution in [0.3, 0.4) is 0 Å². The van der Waals surface area contributed by atoms with Crippen LogP contribution in [0.5, 0.6) is 0 Å². The highest BCUT2D eigenvalue weighted by Crippen LogP contribution is 2.33. The molecular weight excluding hydrogens is 403 g/mol. The van der Waals surface area contributed by atoms with Crippen molar-refractivity contribution in [1.82, 2.24) is 15.0 Å². The Morgan fingerprint density at radius 2 is 1.87 bits per heavy atom. The van der Waals surface area contributed by atoms with Gasteiger partial charge in [0.2, 0.25) is 0 Å². The first-order chi connectivity index (χ1) is 14.7. The predicted octanol–water partition coefficient (Wildman–Crippen LogP) is 5.74. The predicted molar refractivity (Wildman–Crippen MR) is 116 cm³/mol. The third-order valence-electron chi connectivity index (χ3n) is 5.82. The second-order valence-corrected chi connectivity index (χ2v) is 8.34. The molecule has 0 aliphatic carbocycles. The molecule has 3 aromatic rings. The van der Waals surface area contributed by atoms with Gasteiger partial charge in [0.05, 0.1) is 22.8 Å². The lowest BCUT2D eigenvalue weighted by molar-refractivity contribution is 0.146. The van der Waals surface area contributed by atoms with Crippen LogP contribution in [-0.4, -0.2) is 28.0 Å². The van der Waals surface area contributed by atoms with E-state index in [0.29, 0.717) is 17.6 Å². The van der Waals surface area contributed by atoms with Gasteiger partial charge in [-0.25, -0.2) is 28.1 Å². The number of benzene rings is 1. The molecule has 1 aliphatic heterocycles. The molecule has 1 N–H and O–H groups in total. The number of aryl methyl sites for hydroxylation is 2. The Kier molecular flexibility index (Phi) is 5.73. The van der Waals surface area contributed by atoms with Crippen LogP contribution >= 0.6 is 0 Å². The molecule has 8 heteroatoms. The van der Waals surface area contributed by atoms with Crippen molar-refractivity contribution in [1.29, 1.82) is 0 Å². The number of alkyl halides is 2. The number of rotatable bonds is 5. The maximum atomic E-state index is 14.7. The van der Waals surface area contributed by atoms with Gasteiger partial charge in [0.15, 0.2) is 0 Å². The van der Waals surface area contributed by atoms with E-state index in [1.54, 1.807) is 13.8 Å². The van der Waals surface area contributed by atoms with Crippen LogP contribution < -0.4 is 10.2 Å². The summed E-state index contributed by atoms with van der Waals surface area (Å²) in [6.45, 7) is 9.52. The first kappa shape index (κ1) is 21.3. The number of fused-ring (bicyclic) bond motifs is 1. The molecule has 4 rings (SSSR count). The van der Waals surface area contributed by atoms with E-state index in [9.17, 15) is 13.2 Å². The van der Waals surface area contributed by atoms with E-state index in [4.69, 9.17) is 4.98 Å². The monoisotopic (exact) mass is 429 g/mol. The molecule has 2 aromatic heterocycles. The quantitative estimate of drug-likeness (QED) is 0.561. The number of pyridine rings is 1. The number of hydrogen-bond donors (Lipinski definition) is 1. The van der Waals surface area contributed by atoms with Crippen LogP contribution in [-0.2, 0) is 0 Å². The molecule has 0 amide bonds. The Balaban J connectivity index is 1.75. The fourth-order valence-electron chi connectivity index (χ4n) is 4.15. The van der Waals surface area contributed by atoms with Gasteiger partial charge in [-0.1, -0.05) is 25.1 Å². The van der Waals surface area contributed by atoms with E-state index in [1.807, 2.05) is 13.0 Å². The summed E-state index contributed by atoms with van der Waals surface area (Å²) in [4.78, 5) is 16.1. The lowest BCUT2D eigenvalue weighted by Gasteiger charge is -2.21. The first-order valence-electron chi connectivity index (χ1n) is 10.5. The molecule has 1 aliphatic rings. The van der Waals surface area contributed by atoms with Gasteiger partial charge in [0.1, 0.15) is 23.3 Å². The zero-order valence-electron chi connectivity index (χ0n) is 18.1. The number of halogens is 3. The van der Waals surface area contributed by atoms with Crippen molar-refractivity contribution < 1.29 is 13.2 Å². The number of hydrogen-bond acceptors (Lipinski definition) is 5. The van der Waals surface area contributed by atoms with Gasteiger partial charge in [0, 0.05) is 24.0 Å². The normalized spacial score (nSPS) is 17.5. The Bertz CT molecular complexity index is 1120. The number of anilines is 2. The van der Waals surface area contributed by atoms with Gasteiger partial charge < -0.3 is 10.2 Å². The van der Waals surface area contributed by atoms with Crippen LogP contribution in [0.2, 0.25) is 0 Å². The zero-order valence-corrected chi connectivity index (χ0v) is 18.1. The highest BCUT2D eigenvalue weighted by Gasteiger charge is 2.23. The minimum atomic E-state index is -2.87. The van der Waals surface area contributed by atoms with Gasteiger partial charge in [-0.2, -0.15) is 0 Å². The van der Waals surface area contributed by atoms with Crippen molar-refractivity contribution in [3.63, 3.8) is 0 Å². The van der Waals surface area contributed by atoms with Gasteiger partial charge in [-0.3, -0.25) is 0 Å². The maximum Gasteiger partial charge on any atom is 0.266 e. The molecule has 1 saturated heterocycles. The van der Waals surface area contributed by atoms with Crippen molar-refractivity contribution in [2.24, 2.45) is 5.92 Å². The molecule has 2 atom stereocenters. The fraction of sp³-hybridized carbons (Fsp3) is 0.435. The van der Waals surface area contributed by atoms with Crippen molar-refractivity contribution in [2.75, 3.05) is 23.3 Å². The van der Waals surface area contributed by atoms with Gasteiger partial charge in [-0.15, -0.1) is 0 Å². The zero-order chi connectivity index (χ0) is 22.3. The van der Waals surface area contributed by atoms with E-state index in [0.717, 1.165) is 48.0 Å². The van der Waals surface area contributed by atoms with Crippen LogP contribution in [0.25, 0.3) is 10.9 Å². The standard InChI is InChI=1S/C23H26F3N5/c1-12-8-9-31(11-12)19-10-18-21(14(3)27-19)29-15(4)30-23(18)28-13(2)16-6-5-7-17(20(16)24)22(25)26/h5-7,10,12-13,22H,8-9,11H2,1-4H3,(H,28,29,30)/t12-,13-/m1/s1. The summed E-state index contributed by atoms with van der Waals surface area (Å²) in [7, 11) is 0. The highest BCUT2D eigenvalue weighted by atomic mass is 19.3. The average molecular weight is 429 g/mol. The minimum absolute atomic E-state index is 0.168. The first-order valence-corrected chi connectivity index (χ1v) is 10.5. The van der Waals surface area contributed by atoms with Crippen molar-refractivity contribution in [3.8, 4) is 0 Å². The van der Waals surface area contributed by atoms with E-state index < -0.39 is 23.8 Å². The Hall–Kier alpha value is -2.90. The summed E-state index contributed by atoms with van der Waals surface area (Å²) in [6.07, 6.45) is -1.75. The molecule has 31 heavy (non-hydrogen) atoms. The molecule has 0 radical (unpaired) electrons. The Morgan fingerprint density at radius 3 is 2.55 bits per heavy atom. The summed E-state index contributed by atoms with van der Waals surface area (Å²) in [5.74, 6) is 1.67. The number of aromatic nitrogens is 3. The molecule has 1 aromatic carbocycles. The second-order valence-electron chi connectivity index (χ2n) is 8.34. The summed E-state index contributed by atoms with van der Waals surface area (Å²) in [5, 5.41) is 4.00. The van der Waals surface area contributed by atoms with Crippen molar-refractivity contribution in [3.05, 3.63) is 52.7 Å². The maximum absolute atomic E-state index is 14.7. The summed E-state index contributed by atoms with van der Waals surface area (Å²) < 4.78 is 40.9. The molecule has 164 valence electrons. The molecule has 0 saturated carbocycles. The third kappa shape index (κ3) is 4.16. The van der Waals surface area contributed by atoms with E-state index in [2.05, 4.69) is 27.1 Å². The molecular formula is C23H26F3N5. The topological polar surface area (TPSA) is 53.9 Å². The largest absolute Gasteiger partial charge is 0.363 e. The smallest absolute Gasteiger partial charge is 0.266 e. The van der Waals surface area contributed by atoms with Gasteiger partial charge in [0.25, 0.3) is 6.43 Å². The Labute approximate surface area is 179 Å². The summed E-state index contributed by atoms with van der Waals surface area (Å²) in [6, 6.07) is 5.46. The lowest BCUT2D eigenvalue weighted by Crippen LogP contribution is -2.21. The number of nitrogens with one attached hydrogen (secondary N) is 1. The molecule has 0 unspecified atom stereocenters. The lowest BCUT2D eigenvalue weighted by atomic mass is 10.0. The van der Waals surface area contributed by atoms with Crippen molar-refractivity contribution >= 4 is 22.5 Å². The molecule has 3 heterocycles. The van der Waals surface area contributed by atoms with Crippen LogP contribution in [0, 0.1) is 25.6 Å². The molecule has 1 fully saturated rings. The molecule has 5 nitrogen and oxygen atoms in total. The Morgan fingerprint density at radius 1 is 1.13 bits per heavy atom. The number of nitrogens with zero attached hydrogens (tertiary/aromatic N) is 4. The van der Waals surface area contributed by atoms with Gasteiger partial charge in [-0.05, 0) is 39.2 Å². The van der Waals surface area contributed by atoms with Crippen LogP contribution in [0.1, 0.15) is 55.4 Å². The fourth-order valence-corrected chi connectivity index (χ4v) is 4.15. The third-order valence-corrected chi connectivity index (χ3v) is 5.82. The molecule has 0 spiro atoms. The van der Waals surface area contributed by atoms with Crippen LogP contribution in [0.15, 0.2) is 24.3 Å². The second kappa shape index (κ2) is 8.32. The summed E-state index contributed by atoms with van der Waals surface area (Å²) >= 11 is 0. The SMILES string of the molecule is Cc1nc(N[C@H](C)c2cccc(C(F)F)c2F)c2cc(N3CC[C@@H](C)C3)nc(C)c2n1. The highest BCUT2D eigenvalue weighted by molar-refractivity contribution is 5.92. The van der Waals surface area contributed by atoms with E-state index in [-0.39, 0.29) is 5.56 Å². The van der Waals surface area contributed by atoms with Gasteiger partial charge >= 0.3 is 0 Å². The van der Waals surface area contributed by atoms with E-state index in [1.165, 1.54) is 12.1 Å². The summed E-state index contributed by atoms with van der Waals surface area (Å²) in [5.41, 5.74) is 1.08. The molecule has 0 bridgehead atoms. The van der Waals surface area contributed by atoms with Crippen LogP contribution in [0.4, 0.5) is 24.8 Å². The average Bonchev–Trinajstić information content (AvgIpc) is 3.14. The minimum Gasteiger partial charge on any atom is -0.363 e. The van der Waals surface area contributed by atoms with Crippen molar-refractivity contribution in [2.45, 2.75) is 46.6 Å².